The van der Waals surface area contributed by atoms with Gasteiger partial charge in [0.05, 0.1) is 11.1 Å². The van der Waals surface area contributed by atoms with Crippen molar-refractivity contribution in [3.05, 3.63) is 52.4 Å². The van der Waals surface area contributed by atoms with E-state index in [1.54, 1.807) is 18.5 Å². The molecule has 1 unspecified atom stereocenters. The standard InChI is InChI=1S/C12H13ClN4/c1-7-5-16-3-2-9(7)11(14)10-4-8(13)6-17-12(10)15/h2-6,11H,14H2,1H3,(H2,15,17). The van der Waals surface area contributed by atoms with E-state index in [0.717, 1.165) is 16.7 Å². The molecule has 0 fully saturated rings. The van der Waals surface area contributed by atoms with Gasteiger partial charge >= 0.3 is 0 Å². The molecule has 0 aliphatic heterocycles. The lowest BCUT2D eigenvalue weighted by Gasteiger charge is -2.16. The van der Waals surface area contributed by atoms with Gasteiger partial charge in [-0.2, -0.15) is 0 Å². The Kier molecular flexibility index (Phi) is 3.26. The second-order valence-electron chi connectivity index (χ2n) is 3.84. The number of nitrogens with zero attached hydrogens (tertiary/aromatic N) is 2. The topological polar surface area (TPSA) is 77.8 Å². The van der Waals surface area contributed by atoms with Crippen LogP contribution in [-0.4, -0.2) is 9.97 Å². The molecule has 2 heterocycles. The summed E-state index contributed by atoms with van der Waals surface area (Å²) in [5, 5.41) is 0.524. The Morgan fingerprint density at radius 1 is 1.29 bits per heavy atom. The highest BCUT2D eigenvalue weighted by atomic mass is 35.5. The van der Waals surface area contributed by atoms with Crippen LogP contribution in [0.2, 0.25) is 5.02 Å². The Morgan fingerprint density at radius 3 is 2.76 bits per heavy atom. The third kappa shape index (κ3) is 2.38. The van der Waals surface area contributed by atoms with E-state index in [4.69, 9.17) is 23.1 Å². The van der Waals surface area contributed by atoms with Crippen molar-refractivity contribution in [2.75, 3.05) is 5.73 Å². The summed E-state index contributed by atoms with van der Waals surface area (Å²) in [7, 11) is 0. The summed E-state index contributed by atoms with van der Waals surface area (Å²) in [5.74, 6) is 0.401. The Hall–Kier alpha value is -1.65. The molecule has 2 aromatic rings. The van der Waals surface area contributed by atoms with Crippen molar-refractivity contribution in [1.29, 1.82) is 0 Å². The van der Waals surface area contributed by atoms with Gasteiger partial charge in [0.15, 0.2) is 0 Å². The van der Waals surface area contributed by atoms with Crippen LogP contribution in [0.5, 0.6) is 0 Å². The summed E-state index contributed by atoms with van der Waals surface area (Å²) in [6.07, 6.45) is 4.98. The molecule has 5 heteroatoms. The number of pyridine rings is 2. The molecule has 0 aliphatic rings. The van der Waals surface area contributed by atoms with Gasteiger partial charge in [-0.05, 0) is 30.2 Å². The molecule has 0 saturated heterocycles. The van der Waals surface area contributed by atoms with Crippen LogP contribution < -0.4 is 11.5 Å². The first-order chi connectivity index (χ1) is 8.09. The number of hydrogen-bond donors (Lipinski definition) is 2. The quantitative estimate of drug-likeness (QED) is 0.853. The van der Waals surface area contributed by atoms with Gasteiger partial charge in [-0.3, -0.25) is 4.98 Å². The van der Waals surface area contributed by atoms with Crippen LogP contribution in [0.1, 0.15) is 22.7 Å². The number of hydrogen-bond acceptors (Lipinski definition) is 4. The molecule has 4 nitrogen and oxygen atoms in total. The number of aryl methyl sites for hydroxylation is 1. The fourth-order valence-electron chi connectivity index (χ4n) is 1.72. The first-order valence-electron chi connectivity index (χ1n) is 5.16. The number of aromatic nitrogens is 2. The minimum absolute atomic E-state index is 0.343. The van der Waals surface area contributed by atoms with Gasteiger partial charge < -0.3 is 11.5 Å². The third-order valence-corrected chi connectivity index (χ3v) is 2.86. The van der Waals surface area contributed by atoms with Crippen LogP contribution in [0.4, 0.5) is 5.82 Å². The molecule has 1 atom stereocenters. The van der Waals surface area contributed by atoms with Crippen LogP contribution in [0.25, 0.3) is 0 Å². The van der Waals surface area contributed by atoms with Crippen molar-refractivity contribution in [3.8, 4) is 0 Å². The minimum atomic E-state index is -0.343. The van der Waals surface area contributed by atoms with E-state index < -0.39 is 0 Å². The molecule has 0 spiro atoms. The van der Waals surface area contributed by atoms with E-state index >= 15 is 0 Å². The Morgan fingerprint density at radius 2 is 2.06 bits per heavy atom. The Balaban J connectivity index is 2.47. The normalized spacial score (nSPS) is 12.4. The average Bonchev–Trinajstić information content (AvgIpc) is 2.32. The number of nitrogen functional groups attached to an aromatic ring is 1. The monoisotopic (exact) mass is 248 g/mol. The molecule has 2 aromatic heterocycles. The predicted molar refractivity (Wildman–Crippen MR) is 68.7 cm³/mol. The Bertz CT molecular complexity index is 542. The zero-order valence-electron chi connectivity index (χ0n) is 9.39. The number of rotatable bonds is 2. The van der Waals surface area contributed by atoms with Crippen LogP contribution in [-0.2, 0) is 0 Å². The predicted octanol–water partition coefficient (Wildman–Crippen LogP) is 2.07. The summed E-state index contributed by atoms with van der Waals surface area (Å²) in [4.78, 5) is 8.04. The van der Waals surface area contributed by atoms with Crippen molar-refractivity contribution in [2.24, 2.45) is 5.73 Å². The lowest BCUT2D eigenvalue weighted by Crippen LogP contribution is -2.16. The summed E-state index contributed by atoms with van der Waals surface area (Å²) in [5.41, 5.74) is 14.7. The van der Waals surface area contributed by atoms with Crippen LogP contribution >= 0.6 is 11.6 Å². The van der Waals surface area contributed by atoms with Gasteiger partial charge in [0.1, 0.15) is 5.82 Å². The van der Waals surface area contributed by atoms with Gasteiger partial charge in [-0.25, -0.2) is 4.98 Å². The van der Waals surface area contributed by atoms with Crippen molar-refractivity contribution in [1.82, 2.24) is 9.97 Å². The fourth-order valence-corrected chi connectivity index (χ4v) is 1.88. The van der Waals surface area contributed by atoms with Gasteiger partial charge in [-0.1, -0.05) is 11.6 Å². The zero-order chi connectivity index (χ0) is 12.4. The van der Waals surface area contributed by atoms with Gasteiger partial charge in [0.25, 0.3) is 0 Å². The summed E-state index contributed by atoms with van der Waals surface area (Å²) >= 11 is 5.90. The lowest BCUT2D eigenvalue weighted by molar-refractivity contribution is 0.854. The summed E-state index contributed by atoms with van der Waals surface area (Å²) < 4.78 is 0. The van der Waals surface area contributed by atoms with E-state index in [9.17, 15) is 0 Å². The minimum Gasteiger partial charge on any atom is -0.383 e. The van der Waals surface area contributed by atoms with Crippen molar-refractivity contribution in [2.45, 2.75) is 13.0 Å². The molecule has 17 heavy (non-hydrogen) atoms. The highest BCUT2D eigenvalue weighted by molar-refractivity contribution is 6.30. The average molecular weight is 249 g/mol. The molecular formula is C12H13ClN4. The number of nitrogens with two attached hydrogens (primary N) is 2. The summed E-state index contributed by atoms with van der Waals surface area (Å²) in [6.45, 7) is 1.95. The van der Waals surface area contributed by atoms with E-state index in [0.29, 0.717) is 10.8 Å². The van der Waals surface area contributed by atoms with Crippen LogP contribution in [0.15, 0.2) is 30.7 Å². The molecule has 0 saturated carbocycles. The van der Waals surface area contributed by atoms with Crippen LogP contribution in [0, 0.1) is 6.92 Å². The first-order valence-corrected chi connectivity index (χ1v) is 5.54. The van der Waals surface area contributed by atoms with Crippen molar-refractivity contribution >= 4 is 17.4 Å². The highest BCUT2D eigenvalue weighted by Crippen LogP contribution is 2.27. The van der Waals surface area contributed by atoms with Crippen molar-refractivity contribution < 1.29 is 0 Å². The number of anilines is 1. The largest absolute Gasteiger partial charge is 0.383 e. The third-order valence-electron chi connectivity index (χ3n) is 2.65. The van der Waals surface area contributed by atoms with E-state index in [-0.39, 0.29) is 6.04 Å². The maximum absolute atomic E-state index is 6.18. The second-order valence-corrected chi connectivity index (χ2v) is 4.27. The van der Waals surface area contributed by atoms with Gasteiger partial charge in [0, 0.05) is 24.2 Å². The molecule has 0 bridgehead atoms. The fraction of sp³-hybridized carbons (Fsp3) is 0.167. The molecule has 4 N–H and O–H groups in total. The molecule has 0 aliphatic carbocycles. The van der Waals surface area contributed by atoms with E-state index in [1.165, 1.54) is 6.20 Å². The maximum Gasteiger partial charge on any atom is 0.128 e. The maximum atomic E-state index is 6.18. The molecular weight excluding hydrogens is 236 g/mol. The van der Waals surface area contributed by atoms with Crippen molar-refractivity contribution in [3.63, 3.8) is 0 Å². The molecule has 0 aromatic carbocycles. The highest BCUT2D eigenvalue weighted by Gasteiger charge is 2.15. The Labute approximate surface area is 105 Å². The molecule has 0 amide bonds. The van der Waals surface area contributed by atoms with Gasteiger partial charge in [-0.15, -0.1) is 0 Å². The zero-order valence-corrected chi connectivity index (χ0v) is 10.1. The van der Waals surface area contributed by atoms with E-state index in [1.807, 2.05) is 13.0 Å². The van der Waals surface area contributed by atoms with Gasteiger partial charge in [0.2, 0.25) is 0 Å². The van der Waals surface area contributed by atoms with E-state index in [2.05, 4.69) is 9.97 Å². The first kappa shape index (κ1) is 11.8. The molecule has 88 valence electrons. The molecule has 0 radical (unpaired) electrons. The SMILES string of the molecule is Cc1cnccc1C(N)c1cc(Cl)cnc1N. The summed E-state index contributed by atoms with van der Waals surface area (Å²) in [6, 6.07) is 3.28. The number of halogens is 1. The lowest BCUT2D eigenvalue weighted by atomic mass is 9.98. The second kappa shape index (κ2) is 4.69. The smallest absolute Gasteiger partial charge is 0.128 e. The molecule has 2 rings (SSSR count). The van der Waals surface area contributed by atoms with Crippen LogP contribution in [0.3, 0.4) is 0 Å².